The van der Waals surface area contributed by atoms with Crippen LogP contribution in [0.1, 0.15) is 23.1 Å². The molecule has 11 heteroatoms. The molecule has 0 fully saturated rings. The Balaban J connectivity index is 1.69. The Morgan fingerprint density at radius 1 is 1.03 bits per heavy atom. The molecule has 0 aliphatic carbocycles. The summed E-state index contributed by atoms with van der Waals surface area (Å²) in [6.45, 7) is 1.58. The SMILES string of the molecule is Cc1ccc(CSCCCNC(=O)CN(c2cc(C(F)(F)F)ccc2Cl)S(=O)(=O)c2ccccc2)cc1. The van der Waals surface area contributed by atoms with Gasteiger partial charge >= 0.3 is 6.18 Å². The Morgan fingerprint density at radius 2 is 1.70 bits per heavy atom. The third-order valence-electron chi connectivity index (χ3n) is 5.34. The zero-order valence-corrected chi connectivity index (χ0v) is 22.4. The fourth-order valence-corrected chi connectivity index (χ4v) is 6.01. The molecule has 0 saturated heterocycles. The smallest absolute Gasteiger partial charge is 0.354 e. The third kappa shape index (κ3) is 8.15. The topological polar surface area (TPSA) is 66.5 Å². The number of carbonyl (C=O) groups is 1. The van der Waals surface area contributed by atoms with Crippen LogP contribution in [0.25, 0.3) is 0 Å². The summed E-state index contributed by atoms with van der Waals surface area (Å²) in [6.07, 6.45) is -4.09. The standard InChI is InChI=1S/C26H26ClF3N2O3S2/c1-19-8-10-20(11-9-19)18-36-15-5-14-31-25(33)17-32(37(34,35)22-6-3-2-4-7-22)24-16-21(26(28,29)30)12-13-23(24)27/h2-4,6-13,16H,5,14-15,17-18H2,1H3,(H,31,33). The maximum absolute atomic E-state index is 13.4. The molecule has 37 heavy (non-hydrogen) atoms. The van der Waals surface area contributed by atoms with Crippen molar-refractivity contribution in [2.45, 2.75) is 30.2 Å². The zero-order chi connectivity index (χ0) is 27.1. The number of hydrogen-bond acceptors (Lipinski definition) is 4. The summed E-state index contributed by atoms with van der Waals surface area (Å²) in [5, 5.41) is 2.42. The number of hydrogen-bond donors (Lipinski definition) is 1. The second-order valence-corrected chi connectivity index (χ2v) is 11.6. The number of halogens is 4. The van der Waals surface area contributed by atoms with E-state index in [1.165, 1.54) is 35.4 Å². The van der Waals surface area contributed by atoms with Crippen molar-refractivity contribution in [1.82, 2.24) is 5.32 Å². The van der Waals surface area contributed by atoms with Crippen molar-refractivity contribution >= 4 is 45.0 Å². The third-order valence-corrected chi connectivity index (χ3v) is 8.55. The second-order valence-electron chi connectivity index (χ2n) is 8.23. The minimum absolute atomic E-state index is 0.177. The molecule has 3 rings (SSSR count). The van der Waals surface area contributed by atoms with Crippen LogP contribution in [0.5, 0.6) is 0 Å². The van der Waals surface area contributed by atoms with Crippen molar-refractivity contribution in [3.63, 3.8) is 0 Å². The van der Waals surface area contributed by atoms with Gasteiger partial charge in [0.2, 0.25) is 5.91 Å². The monoisotopic (exact) mass is 570 g/mol. The number of nitrogens with one attached hydrogen (secondary N) is 1. The van der Waals surface area contributed by atoms with Crippen molar-refractivity contribution in [2.75, 3.05) is 23.1 Å². The summed E-state index contributed by atoms with van der Waals surface area (Å²) in [5.74, 6) is 0.932. The Bertz CT molecular complexity index is 1300. The van der Waals surface area contributed by atoms with Crippen LogP contribution in [-0.4, -0.2) is 33.2 Å². The van der Waals surface area contributed by atoms with Crippen LogP contribution in [-0.2, 0) is 26.7 Å². The van der Waals surface area contributed by atoms with Crippen LogP contribution < -0.4 is 9.62 Å². The van der Waals surface area contributed by atoms with Crippen molar-refractivity contribution in [2.24, 2.45) is 0 Å². The molecule has 3 aromatic carbocycles. The van der Waals surface area contributed by atoms with Gasteiger partial charge in [-0.1, -0.05) is 59.6 Å². The molecule has 0 saturated carbocycles. The molecule has 1 amide bonds. The van der Waals surface area contributed by atoms with Crippen molar-refractivity contribution in [3.05, 3.63) is 94.5 Å². The van der Waals surface area contributed by atoms with E-state index in [0.717, 1.165) is 23.6 Å². The summed E-state index contributed by atoms with van der Waals surface area (Å²) in [5.41, 5.74) is 0.876. The largest absolute Gasteiger partial charge is 0.416 e. The number of sulfonamides is 1. The lowest BCUT2D eigenvalue weighted by Crippen LogP contribution is -2.41. The summed E-state index contributed by atoms with van der Waals surface area (Å²) < 4.78 is 67.4. The first kappa shape index (κ1) is 28.9. The van der Waals surface area contributed by atoms with E-state index in [1.54, 1.807) is 17.8 Å². The first-order chi connectivity index (χ1) is 17.5. The maximum atomic E-state index is 13.4. The Labute approximate surface area is 224 Å². The fraction of sp³-hybridized carbons (Fsp3) is 0.269. The summed E-state index contributed by atoms with van der Waals surface area (Å²) >= 11 is 7.83. The van der Waals surface area contributed by atoms with Gasteiger partial charge < -0.3 is 5.32 Å². The van der Waals surface area contributed by atoms with Crippen molar-refractivity contribution in [3.8, 4) is 0 Å². The van der Waals surface area contributed by atoms with Gasteiger partial charge in [-0.15, -0.1) is 0 Å². The van der Waals surface area contributed by atoms with Gasteiger partial charge in [-0.25, -0.2) is 8.42 Å². The van der Waals surface area contributed by atoms with E-state index < -0.39 is 39.9 Å². The van der Waals surface area contributed by atoms with E-state index in [0.29, 0.717) is 16.8 Å². The highest BCUT2D eigenvalue weighted by atomic mass is 35.5. The molecule has 0 unspecified atom stereocenters. The lowest BCUT2D eigenvalue weighted by atomic mass is 10.2. The predicted octanol–water partition coefficient (Wildman–Crippen LogP) is 6.30. The van der Waals surface area contributed by atoms with Gasteiger partial charge in [-0.05, 0) is 55.0 Å². The van der Waals surface area contributed by atoms with Gasteiger partial charge in [0.05, 0.1) is 21.2 Å². The lowest BCUT2D eigenvalue weighted by Gasteiger charge is -2.25. The lowest BCUT2D eigenvalue weighted by molar-refractivity contribution is -0.137. The molecule has 198 valence electrons. The van der Waals surface area contributed by atoms with Crippen molar-refractivity contribution < 1.29 is 26.4 Å². The van der Waals surface area contributed by atoms with Crippen LogP contribution in [0.15, 0.2) is 77.7 Å². The van der Waals surface area contributed by atoms with Crippen LogP contribution in [0, 0.1) is 6.92 Å². The molecule has 0 aliphatic rings. The van der Waals surface area contributed by atoms with Crippen LogP contribution in [0.2, 0.25) is 5.02 Å². The van der Waals surface area contributed by atoms with E-state index in [9.17, 15) is 26.4 Å². The highest BCUT2D eigenvalue weighted by Crippen LogP contribution is 2.37. The van der Waals surface area contributed by atoms with Crippen LogP contribution in [0.3, 0.4) is 0 Å². The summed E-state index contributed by atoms with van der Waals surface area (Å²) in [4.78, 5) is 12.5. The van der Waals surface area contributed by atoms with E-state index in [4.69, 9.17) is 11.6 Å². The number of thioether (sulfide) groups is 1. The molecular formula is C26H26ClF3N2O3S2. The van der Waals surface area contributed by atoms with Gasteiger partial charge in [0.25, 0.3) is 10.0 Å². The molecule has 0 radical (unpaired) electrons. The molecule has 5 nitrogen and oxygen atoms in total. The number of amides is 1. The Morgan fingerprint density at radius 3 is 2.35 bits per heavy atom. The molecule has 0 bridgehead atoms. The number of aryl methyl sites for hydroxylation is 1. The first-order valence-electron chi connectivity index (χ1n) is 11.3. The molecule has 0 spiro atoms. The molecule has 0 atom stereocenters. The minimum atomic E-state index is -4.72. The highest BCUT2D eigenvalue weighted by molar-refractivity contribution is 7.98. The van der Waals surface area contributed by atoms with Gasteiger partial charge in [0.1, 0.15) is 6.54 Å². The van der Waals surface area contributed by atoms with E-state index in [-0.39, 0.29) is 16.5 Å². The van der Waals surface area contributed by atoms with Gasteiger partial charge in [0.15, 0.2) is 0 Å². The summed E-state index contributed by atoms with van der Waals surface area (Å²) in [7, 11) is -4.39. The maximum Gasteiger partial charge on any atom is 0.416 e. The summed E-state index contributed by atoms with van der Waals surface area (Å²) in [6, 6.07) is 17.7. The molecule has 0 aromatic heterocycles. The first-order valence-corrected chi connectivity index (χ1v) is 14.3. The Hall–Kier alpha value is -2.69. The average molecular weight is 571 g/mol. The quantitative estimate of drug-likeness (QED) is 0.275. The number of carbonyl (C=O) groups excluding carboxylic acids is 1. The predicted molar refractivity (Wildman–Crippen MR) is 142 cm³/mol. The van der Waals surface area contributed by atoms with E-state index in [2.05, 4.69) is 17.4 Å². The molecular weight excluding hydrogens is 545 g/mol. The van der Waals surface area contributed by atoms with Gasteiger partial charge in [0, 0.05) is 12.3 Å². The van der Waals surface area contributed by atoms with E-state index >= 15 is 0 Å². The van der Waals surface area contributed by atoms with E-state index in [1.807, 2.05) is 19.1 Å². The normalized spacial score (nSPS) is 11.8. The second kappa shape index (κ2) is 12.7. The molecule has 1 N–H and O–H groups in total. The molecule has 3 aromatic rings. The average Bonchev–Trinajstić information content (AvgIpc) is 2.86. The number of rotatable bonds is 11. The zero-order valence-electron chi connectivity index (χ0n) is 20.0. The Kier molecular flexibility index (Phi) is 9.92. The highest BCUT2D eigenvalue weighted by Gasteiger charge is 2.34. The number of benzene rings is 3. The minimum Gasteiger partial charge on any atom is -0.354 e. The number of alkyl halides is 3. The van der Waals surface area contributed by atoms with Crippen LogP contribution >= 0.6 is 23.4 Å². The fourth-order valence-electron chi connectivity index (χ4n) is 3.36. The van der Waals surface area contributed by atoms with Crippen molar-refractivity contribution in [1.29, 1.82) is 0 Å². The van der Waals surface area contributed by atoms with Crippen LogP contribution in [0.4, 0.5) is 18.9 Å². The molecule has 0 heterocycles. The molecule has 0 aliphatic heterocycles. The van der Waals surface area contributed by atoms with Gasteiger partial charge in [-0.2, -0.15) is 24.9 Å². The number of nitrogens with zero attached hydrogens (tertiary/aromatic N) is 1. The number of anilines is 1. The van der Waals surface area contributed by atoms with Gasteiger partial charge in [-0.3, -0.25) is 9.10 Å².